The Kier molecular flexibility index (Phi) is 5.57. The minimum absolute atomic E-state index is 0.0336. The summed E-state index contributed by atoms with van der Waals surface area (Å²) in [6.45, 7) is 0.818. The van der Waals surface area contributed by atoms with Gasteiger partial charge in [-0.1, -0.05) is 78.9 Å². The van der Waals surface area contributed by atoms with Crippen molar-refractivity contribution in [3.8, 4) is 22.7 Å². The second kappa shape index (κ2) is 9.49. The number of hydrogen-bond acceptors (Lipinski definition) is 5. The molecule has 7 nitrogen and oxygen atoms in total. The van der Waals surface area contributed by atoms with E-state index in [-0.39, 0.29) is 30.3 Å². The Labute approximate surface area is 261 Å². The van der Waals surface area contributed by atoms with E-state index in [1.807, 2.05) is 103 Å². The third kappa shape index (κ3) is 3.26. The summed E-state index contributed by atoms with van der Waals surface area (Å²) in [6.07, 6.45) is 3.91. The van der Waals surface area contributed by atoms with Crippen molar-refractivity contribution in [2.75, 3.05) is 25.1 Å². The molecule has 5 aromatic rings. The molecule has 2 saturated heterocycles. The lowest BCUT2D eigenvalue weighted by Gasteiger charge is -2.48. The Morgan fingerprint density at radius 3 is 2.38 bits per heavy atom. The van der Waals surface area contributed by atoms with Crippen molar-refractivity contribution >= 4 is 17.4 Å². The fraction of sp³-hybridized carbons (Fsp3) is 0.237. The average Bonchev–Trinajstić information content (AvgIpc) is 3.84. The van der Waals surface area contributed by atoms with Gasteiger partial charge in [0.25, 0.3) is 5.91 Å². The molecule has 0 bridgehead atoms. The van der Waals surface area contributed by atoms with Crippen LogP contribution >= 0.6 is 0 Å². The molecule has 0 N–H and O–H groups in total. The summed E-state index contributed by atoms with van der Waals surface area (Å²) in [5.41, 5.74) is 3.51. The highest BCUT2D eigenvalue weighted by atomic mass is 16.5. The fourth-order valence-electron chi connectivity index (χ4n) is 9.01. The number of hydrogen-bond donors (Lipinski definition) is 0. The number of aromatic nitrogens is 2. The molecule has 4 aliphatic rings. The largest absolute Gasteiger partial charge is 0.492 e. The third-order valence-electron chi connectivity index (χ3n) is 10.7. The van der Waals surface area contributed by atoms with E-state index in [9.17, 15) is 0 Å². The van der Waals surface area contributed by atoms with Crippen LogP contribution in [0.5, 0.6) is 5.75 Å². The van der Waals surface area contributed by atoms with Crippen molar-refractivity contribution in [2.45, 2.75) is 30.3 Å². The number of anilines is 1. The Morgan fingerprint density at radius 2 is 1.56 bits per heavy atom. The molecule has 5 heterocycles. The number of Topliss-reactive ketones (excluding diaryl/α,β-unsaturated/α-hetero) is 1. The zero-order valence-electron chi connectivity index (χ0n) is 25.0. The highest BCUT2D eigenvalue weighted by Gasteiger charge is 2.79. The molecule has 9 rings (SSSR count). The maximum Gasteiger partial charge on any atom is 0.253 e. The van der Waals surface area contributed by atoms with Crippen LogP contribution in [0.4, 0.5) is 5.69 Å². The van der Waals surface area contributed by atoms with Gasteiger partial charge >= 0.3 is 0 Å². The summed E-state index contributed by atoms with van der Waals surface area (Å²) in [4.78, 5) is 34.7. The average molecular weight is 593 g/mol. The quantitative estimate of drug-likeness (QED) is 0.248. The van der Waals surface area contributed by atoms with Gasteiger partial charge in [0.2, 0.25) is 0 Å². The van der Waals surface area contributed by atoms with Crippen LogP contribution in [0.3, 0.4) is 0 Å². The van der Waals surface area contributed by atoms with Gasteiger partial charge in [-0.05, 0) is 49.7 Å². The summed E-state index contributed by atoms with van der Waals surface area (Å²) in [5, 5.41) is 5.20. The number of nitrogens with zero attached hydrogens (tertiary/aromatic N) is 4. The molecule has 0 radical (unpaired) electrons. The van der Waals surface area contributed by atoms with Crippen LogP contribution in [-0.2, 0) is 10.3 Å². The van der Waals surface area contributed by atoms with E-state index in [0.29, 0.717) is 11.3 Å². The van der Waals surface area contributed by atoms with Crippen molar-refractivity contribution in [3.63, 3.8) is 0 Å². The van der Waals surface area contributed by atoms with Crippen molar-refractivity contribution in [1.29, 1.82) is 0 Å². The normalized spacial score (nSPS) is 26.7. The first-order chi connectivity index (χ1) is 22.1. The van der Waals surface area contributed by atoms with Gasteiger partial charge in [0.05, 0.1) is 16.9 Å². The van der Waals surface area contributed by atoms with Crippen LogP contribution in [0, 0.1) is 5.41 Å². The fourth-order valence-corrected chi connectivity index (χ4v) is 9.01. The van der Waals surface area contributed by atoms with Gasteiger partial charge in [-0.2, -0.15) is 5.10 Å². The second-order valence-corrected chi connectivity index (χ2v) is 12.6. The van der Waals surface area contributed by atoms with E-state index >= 15 is 9.59 Å². The maximum atomic E-state index is 15.5. The molecule has 0 saturated carbocycles. The van der Waals surface area contributed by atoms with Gasteiger partial charge in [0, 0.05) is 47.6 Å². The van der Waals surface area contributed by atoms with Gasteiger partial charge in [-0.3, -0.25) is 14.5 Å². The van der Waals surface area contributed by atoms with Crippen LogP contribution in [0.2, 0.25) is 0 Å². The predicted octanol–water partition coefficient (Wildman–Crippen LogP) is 6.23. The van der Waals surface area contributed by atoms with E-state index in [1.165, 1.54) is 0 Å². The molecule has 7 heteroatoms. The topological polar surface area (TPSA) is 67.7 Å². The summed E-state index contributed by atoms with van der Waals surface area (Å²) in [6, 6.07) is 35.7. The highest BCUT2D eigenvalue weighted by molar-refractivity contribution is 6.16. The van der Waals surface area contributed by atoms with Gasteiger partial charge in [0.1, 0.15) is 23.3 Å². The summed E-state index contributed by atoms with van der Waals surface area (Å²) in [5.74, 6) is 0.112. The van der Waals surface area contributed by atoms with Crippen molar-refractivity contribution < 1.29 is 14.3 Å². The zero-order chi connectivity index (χ0) is 30.3. The number of ether oxygens (including phenoxy) is 1. The van der Waals surface area contributed by atoms with Crippen LogP contribution < -0.4 is 9.64 Å². The first-order valence-electron chi connectivity index (χ1n) is 15.7. The summed E-state index contributed by atoms with van der Waals surface area (Å²) >= 11 is 0. The van der Waals surface area contributed by atoms with Crippen LogP contribution in [-0.4, -0.2) is 52.6 Å². The van der Waals surface area contributed by atoms with Crippen molar-refractivity contribution in [1.82, 2.24) is 14.7 Å². The molecule has 1 aromatic heterocycles. The molecule has 2 spiro atoms. The number of rotatable bonds is 3. The second-order valence-electron chi connectivity index (χ2n) is 12.6. The number of carbonyl (C=O) groups excluding carboxylic acids is 2. The molecule has 0 aliphatic carbocycles. The minimum Gasteiger partial charge on any atom is -0.492 e. The number of amides is 1. The van der Waals surface area contributed by atoms with Gasteiger partial charge in [0.15, 0.2) is 5.78 Å². The molecule has 4 aromatic carbocycles. The maximum absolute atomic E-state index is 15.5. The summed E-state index contributed by atoms with van der Waals surface area (Å²) < 4.78 is 8.55. The minimum atomic E-state index is -1.24. The lowest BCUT2D eigenvalue weighted by atomic mass is 9.56. The molecule has 222 valence electrons. The predicted molar refractivity (Wildman–Crippen MR) is 172 cm³/mol. The van der Waals surface area contributed by atoms with Crippen molar-refractivity contribution in [3.05, 3.63) is 132 Å². The number of carbonyl (C=O) groups is 2. The number of likely N-dealkylation sites (N-methyl/N-ethyl adjacent to an activating group) is 1. The van der Waals surface area contributed by atoms with E-state index in [1.54, 1.807) is 4.90 Å². The van der Waals surface area contributed by atoms with E-state index in [2.05, 4.69) is 29.3 Å². The SMILES string of the molecule is CN1C(=O)[C@@]2(c3ccccc31)N1CCC[C@@H]1[C@@H](c1cn(-c3ccccc3)nc1-c1ccccc1)[C@@]21COc2ccccc2C1=O. The standard InChI is InChI=1S/C38H32N4O3/c1-40-30-19-10-9-18-29(30)38(36(40)44)37(24-45-32-21-11-8-17-27(32)35(37)43)33(31-20-12-22-41(31)38)28-23-42(26-15-6-3-7-16-26)39-34(28)25-13-4-2-5-14-25/h2-11,13-19,21,23,31,33H,12,20,22,24H2,1H3/t31-,33-,37-,38-/m1/s1. The Hall–Kier alpha value is -5.01. The number of ketones is 1. The van der Waals surface area contributed by atoms with Gasteiger partial charge < -0.3 is 9.64 Å². The highest BCUT2D eigenvalue weighted by Crippen LogP contribution is 2.70. The van der Waals surface area contributed by atoms with Crippen molar-refractivity contribution in [2.24, 2.45) is 5.41 Å². The number of fused-ring (bicyclic) bond motifs is 6. The van der Waals surface area contributed by atoms with Crippen LogP contribution in [0.25, 0.3) is 16.9 Å². The Bertz CT molecular complexity index is 1990. The van der Waals surface area contributed by atoms with E-state index in [4.69, 9.17) is 9.84 Å². The van der Waals surface area contributed by atoms with Gasteiger partial charge in [-0.15, -0.1) is 0 Å². The first kappa shape index (κ1) is 26.4. The molecular formula is C38H32N4O3. The molecule has 4 aliphatic heterocycles. The first-order valence-corrected chi connectivity index (χ1v) is 15.7. The third-order valence-corrected chi connectivity index (χ3v) is 10.7. The lowest BCUT2D eigenvalue weighted by molar-refractivity contribution is -0.134. The Balaban J connectivity index is 1.38. The molecule has 1 amide bonds. The zero-order valence-corrected chi connectivity index (χ0v) is 25.0. The number of benzene rings is 4. The summed E-state index contributed by atoms with van der Waals surface area (Å²) in [7, 11) is 1.84. The molecule has 0 unspecified atom stereocenters. The van der Waals surface area contributed by atoms with E-state index < -0.39 is 11.0 Å². The monoisotopic (exact) mass is 592 g/mol. The molecule has 4 atom stereocenters. The Morgan fingerprint density at radius 1 is 0.844 bits per heavy atom. The van der Waals surface area contributed by atoms with E-state index in [0.717, 1.165) is 53.1 Å². The lowest BCUT2D eigenvalue weighted by Crippen LogP contribution is -2.63. The molecule has 2 fully saturated rings. The van der Waals surface area contributed by atoms with Crippen LogP contribution in [0.1, 0.15) is 40.2 Å². The molecule has 45 heavy (non-hydrogen) atoms. The van der Waals surface area contributed by atoms with Crippen LogP contribution in [0.15, 0.2) is 115 Å². The number of para-hydroxylation sites is 3. The smallest absolute Gasteiger partial charge is 0.253 e. The molecular weight excluding hydrogens is 560 g/mol. The van der Waals surface area contributed by atoms with Gasteiger partial charge in [-0.25, -0.2) is 4.68 Å².